The number of rotatable bonds is 6. The van der Waals surface area contributed by atoms with Crippen molar-refractivity contribution in [3.63, 3.8) is 0 Å². The summed E-state index contributed by atoms with van der Waals surface area (Å²) in [5, 5.41) is 6.60. The number of likely N-dealkylation sites (tertiary alicyclic amines) is 1. The Morgan fingerprint density at radius 2 is 2.17 bits per heavy atom. The molecule has 6 nitrogen and oxygen atoms in total. The molecule has 1 heterocycles. The van der Waals surface area contributed by atoms with Crippen LogP contribution < -0.4 is 15.4 Å². The number of ether oxygens (including phenoxy) is 1. The Hall–Kier alpha value is -2.24. The van der Waals surface area contributed by atoms with Gasteiger partial charge in [0.2, 0.25) is 5.91 Å². The Kier molecular flexibility index (Phi) is 6.72. The minimum absolute atomic E-state index is 0.216. The average molecular weight is 318 g/mol. The van der Waals surface area contributed by atoms with E-state index in [1.807, 2.05) is 42.2 Å². The van der Waals surface area contributed by atoms with Crippen LogP contribution in [-0.4, -0.2) is 56.1 Å². The Morgan fingerprint density at radius 1 is 1.39 bits per heavy atom. The quantitative estimate of drug-likeness (QED) is 0.470. The Labute approximate surface area is 137 Å². The molecule has 1 aliphatic heterocycles. The first kappa shape index (κ1) is 17.1. The number of benzene rings is 1. The summed E-state index contributed by atoms with van der Waals surface area (Å²) in [4.78, 5) is 17.8. The highest BCUT2D eigenvalue weighted by atomic mass is 16.5. The second kappa shape index (κ2) is 9.02. The summed E-state index contributed by atoms with van der Waals surface area (Å²) in [6.45, 7) is 4.69. The molecule has 0 spiro atoms. The highest BCUT2D eigenvalue weighted by Crippen LogP contribution is 2.10. The molecular formula is C17H26N4O2. The predicted molar refractivity (Wildman–Crippen MR) is 91.7 cm³/mol. The molecule has 1 aromatic carbocycles. The van der Waals surface area contributed by atoms with Gasteiger partial charge in [-0.25, -0.2) is 0 Å². The zero-order valence-corrected chi connectivity index (χ0v) is 13.9. The smallest absolute Gasteiger partial charge is 0.222 e. The summed E-state index contributed by atoms with van der Waals surface area (Å²) in [6, 6.07) is 9.99. The summed E-state index contributed by atoms with van der Waals surface area (Å²) in [7, 11) is 1.75. The van der Waals surface area contributed by atoms with Crippen LogP contribution in [0.15, 0.2) is 35.3 Å². The lowest BCUT2D eigenvalue weighted by Gasteiger charge is -2.18. The standard InChI is InChI=1S/C17H26N4O2/c1-3-16(22)21-11-9-14(13-21)20-17(18-2)19-10-12-23-15-7-5-4-6-8-15/h4-8,14H,3,9-13H2,1-2H3,(H2,18,19,20). The van der Waals surface area contributed by atoms with E-state index in [0.717, 1.165) is 31.2 Å². The van der Waals surface area contributed by atoms with Crippen molar-refractivity contribution in [1.82, 2.24) is 15.5 Å². The van der Waals surface area contributed by atoms with E-state index in [4.69, 9.17) is 4.74 Å². The molecule has 1 saturated heterocycles. The molecule has 1 fully saturated rings. The minimum Gasteiger partial charge on any atom is -0.492 e. The molecule has 0 bridgehead atoms. The maximum absolute atomic E-state index is 11.7. The Balaban J connectivity index is 1.67. The van der Waals surface area contributed by atoms with Gasteiger partial charge in [-0.3, -0.25) is 9.79 Å². The van der Waals surface area contributed by atoms with Gasteiger partial charge in [-0.15, -0.1) is 0 Å². The second-order valence-electron chi connectivity index (χ2n) is 5.48. The maximum Gasteiger partial charge on any atom is 0.222 e. The normalized spacial score (nSPS) is 17.9. The fraction of sp³-hybridized carbons (Fsp3) is 0.529. The second-order valence-corrected chi connectivity index (χ2v) is 5.48. The van der Waals surface area contributed by atoms with Gasteiger partial charge >= 0.3 is 0 Å². The molecule has 1 unspecified atom stereocenters. The molecule has 0 radical (unpaired) electrons. The fourth-order valence-electron chi connectivity index (χ4n) is 2.57. The van der Waals surface area contributed by atoms with Crippen molar-refractivity contribution in [2.24, 2.45) is 4.99 Å². The summed E-state index contributed by atoms with van der Waals surface area (Å²) in [5.41, 5.74) is 0. The highest BCUT2D eigenvalue weighted by Gasteiger charge is 2.25. The van der Waals surface area contributed by atoms with Gasteiger partial charge < -0.3 is 20.3 Å². The highest BCUT2D eigenvalue weighted by molar-refractivity contribution is 5.80. The van der Waals surface area contributed by atoms with E-state index < -0.39 is 0 Å². The molecule has 6 heteroatoms. The van der Waals surface area contributed by atoms with Crippen molar-refractivity contribution in [3.05, 3.63) is 30.3 Å². The summed E-state index contributed by atoms with van der Waals surface area (Å²) in [6.07, 6.45) is 1.52. The van der Waals surface area contributed by atoms with Gasteiger partial charge in [-0.2, -0.15) is 0 Å². The summed E-state index contributed by atoms with van der Waals surface area (Å²) >= 11 is 0. The van der Waals surface area contributed by atoms with E-state index in [1.54, 1.807) is 7.05 Å². The van der Waals surface area contributed by atoms with Gasteiger partial charge in [-0.1, -0.05) is 25.1 Å². The van der Waals surface area contributed by atoms with Crippen LogP contribution in [-0.2, 0) is 4.79 Å². The van der Waals surface area contributed by atoms with Gasteiger partial charge in [0, 0.05) is 32.6 Å². The number of amides is 1. The Bertz CT molecular complexity index is 519. The van der Waals surface area contributed by atoms with Crippen LogP contribution in [0.5, 0.6) is 5.75 Å². The first-order valence-corrected chi connectivity index (χ1v) is 8.15. The van der Waals surface area contributed by atoms with Crippen LogP contribution in [0.4, 0.5) is 0 Å². The zero-order chi connectivity index (χ0) is 16.5. The van der Waals surface area contributed by atoms with E-state index in [-0.39, 0.29) is 11.9 Å². The number of carbonyl (C=O) groups is 1. The Morgan fingerprint density at radius 3 is 2.87 bits per heavy atom. The average Bonchev–Trinajstić information content (AvgIpc) is 3.06. The van der Waals surface area contributed by atoms with Crippen molar-refractivity contribution < 1.29 is 9.53 Å². The lowest BCUT2D eigenvalue weighted by atomic mass is 10.3. The van der Waals surface area contributed by atoms with Crippen LogP contribution in [0.2, 0.25) is 0 Å². The van der Waals surface area contributed by atoms with Crippen molar-refractivity contribution in [3.8, 4) is 5.75 Å². The number of hydrogen-bond donors (Lipinski definition) is 2. The number of guanidine groups is 1. The van der Waals surface area contributed by atoms with Crippen LogP contribution in [0.25, 0.3) is 0 Å². The molecule has 2 N–H and O–H groups in total. The molecule has 1 amide bonds. The van der Waals surface area contributed by atoms with Crippen LogP contribution in [0.1, 0.15) is 19.8 Å². The minimum atomic E-state index is 0.216. The molecule has 0 saturated carbocycles. The first-order valence-electron chi connectivity index (χ1n) is 8.15. The van der Waals surface area contributed by atoms with Crippen molar-refractivity contribution in [1.29, 1.82) is 0 Å². The summed E-state index contributed by atoms with van der Waals surface area (Å²) < 4.78 is 5.64. The number of nitrogens with zero attached hydrogens (tertiary/aromatic N) is 2. The topological polar surface area (TPSA) is 66.0 Å². The van der Waals surface area contributed by atoms with E-state index in [0.29, 0.717) is 19.6 Å². The van der Waals surface area contributed by atoms with Gasteiger partial charge in [0.25, 0.3) is 0 Å². The van der Waals surface area contributed by atoms with Gasteiger partial charge in [0.05, 0.1) is 6.54 Å². The number of nitrogens with one attached hydrogen (secondary N) is 2. The maximum atomic E-state index is 11.7. The third kappa shape index (κ3) is 5.47. The van der Waals surface area contributed by atoms with Crippen LogP contribution in [0.3, 0.4) is 0 Å². The third-order valence-electron chi connectivity index (χ3n) is 3.81. The lowest BCUT2D eigenvalue weighted by molar-refractivity contribution is -0.129. The number of aliphatic imine (C=N–C) groups is 1. The number of hydrogen-bond acceptors (Lipinski definition) is 3. The molecule has 23 heavy (non-hydrogen) atoms. The molecule has 1 aromatic rings. The van der Waals surface area contributed by atoms with Gasteiger partial charge in [-0.05, 0) is 18.6 Å². The van der Waals surface area contributed by atoms with Crippen LogP contribution in [0, 0.1) is 0 Å². The van der Waals surface area contributed by atoms with Crippen molar-refractivity contribution in [2.75, 3.05) is 33.3 Å². The third-order valence-corrected chi connectivity index (χ3v) is 3.81. The van der Waals surface area contributed by atoms with Crippen molar-refractivity contribution >= 4 is 11.9 Å². The number of para-hydroxylation sites is 1. The zero-order valence-electron chi connectivity index (χ0n) is 13.9. The molecular weight excluding hydrogens is 292 g/mol. The largest absolute Gasteiger partial charge is 0.492 e. The van der Waals surface area contributed by atoms with Crippen molar-refractivity contribution in [2.45, 2.75) is 25.8 Å². The lowest BCUT2D eigenvalue weighted by Crippen LogP contribution is -2.46. The molecule has 1 aliphatic rings. The monoisotopic (exact) mass is 318 g/mol. The van der Waals surface area contributed by atoms with E-state index >= 15 is 0 Å². The van der Waals surface area contributed by atoms with Gasteiger partial charge in [0.1, 0.15) is 12.4 Å². The van der Waals surface area contributed by atoms with E-state index in [9.17, 15) is 4.79 Å². The first-order chi connectivity index (χ1) is 11.2. The SMILES string of the molecule is CCC(=O)N1CCC(NC(=NC)NCCOc2ccccc2)C1. The van der Waals surface area contributed by atoms with E-state index in [1.165, 1.54) is 0 Å². The molecule has 2 rings (SSSR count). The van der Waals surface area contributed by atoms with Gasteiger partial charge in [0.15, 0.2) is 5.96 Å². The molecule has 126 valence electrons. The molecule has 0 aromatic heterocycles. The summed E-state index contributed by atoms with van der Waals surface area (Å²) in [5.74, 6) is 1.83. The molecule has 1 atom stereocenters. The fourth-order valence-corrected chi connectivity index (χ4v) is 2.57. The predicted octanol–water partition coefficient (Wildman–Crippen LogP) is 1.24. The van der Waals surface area contributed by atoms with Crippen LogP contribution >= 0.6 is 0 Å². The number of carbonyl (C=O) groups excluding carboxylic acids is 1. The molecule has 0 aliphatic carbocycles. The van der Waals surface area contributed by atoms with E-state index in [2.05, 4.69) is 15.6 Å².